The summed E-state index contributed by atoms with van der Waals surface area (Å²) in [6.07, 6.45) is -0.698. The summed E-state index contributed by atoms with van der Waals surface area (Å²) in [5.41, 5.74) is 4.63. The number of hydrogen-bond donors (Lipinski definition) is 1. The second kappa shape index (κ2) is 5.04. The van der Waals surface area contributed by atoms with Crippen LogP contribution in [0.4, 0.5) is 11.7 Å². The zero-order valence-electron chi connectivity index (χ0n) is 5.05. The van der Waals surface area contributed by atoms with Crippen molar-refractivity contribution in [3.63, 3.8) is 0 Å². The lowest BCUT2D eigenvalue weighted by atomic mass is 10.5. The van der Waals surface area contributed by atoms with Gasteiger partial charge in [0.25, 0.3) is 0 Å². The van der Waals surface area contributed by atoms with Gasteiger partial charge in [-0.05, 0) is 0 Å². The van der Waals surface area contributed by atoms with Gasteiger partial charge >= 0.3 is 0 Å². The molecule has 0 rings (SSSR count). The maximum absolute atomic E-state index is 11.9. The number of carbonyl (C=O) groups is 1. The smallest absolute Gasteiger partial charge is 0.220 e. The fourth-order valence-electron chi connectivity index (χ4n) is 0.331. The summed E-state index contributed by atoms with van der Waals surface area (Å²) in [7, 11) is 0. The molecule has 11 heavy (non-hydrogen) atoms. The number of halogens is 3. The van der Waals surface area contributed by atoms with Crippen LogP contribution in [0.25, 0.3) is 0 Å². The molecule has 2 N–H and O–H groups in total. The van der Waals surface area contributed by atoms with E-state index in [0.717, 1.165) is 0 Å². The van der Waals surface area contributed by atoms with Gasteiger partial charge in [0.1, 0.15) is 0 Å². The summed E-state index contributed by atoms with van der Waals surface area (Å²) >= 11 is -1.74. The van der Waals surface area contributed by atoms with Crippen LogP contribution in [0.3, 0.4) is 0 Å². The van der Waals surface area contributed by atoms with Gasteiger partial charge in [-0.15, -0.1) is 0 Å². The maximum atomic E-state index is 11.9. The van der Waals surface area contributed by atoms with Crippen LogP contribution < -0.4 is 5.73 Å². The fourth-order valence-corrected chi connectivity index (χ4v) is 1.21. The van der Waals surface area contributed by atoms with Crippen molar-refractivity contribution in [1.82, 2.24) is 0 Å². The third kappa shape index (κ3) is 3.48. The van der Waals surface area contributed by atoms with Crippen molar-refractivity contribution in [2.45, 2.75) is 9.83 Å². The second-order valence-corrected chi connectivity index (χ2v) is 4.89. The number of primary amides is 1. The molecule has 2 nitrogen and oxygen atoms in total. The average molecular weight is 223 g/mol. The SMILES string of the molecule is NC(=O)CC(SF)(SF)SF. The summed E-state index contributed by atoms with van der Waals surface area (Å²) < 4.78 is 33.5. The van der Waals surface area contributed by atoms with E-state index in [-0.39, 0.29) is 0 Å². The monoisotopic (exact) mass is 223 g/mol. The van der Waals surface area contributed by atoms with Crippen LogP contribution in [0.1, 0.15) is 6.42 Å². The van der Waals surface area contributed by atoms with Gasteiger partial charge in [-0.2, -0.15) is 11.7 Å². The normalized spacial score (nSPS) is 11.5. The predicted molar refractivity (Wildman–Crippen MR) is 42.6 cm³/mol. The minimum absolute atomic E-state index is 0.579. The van der Waals surface area contributed by atoms with E-state index < -0.39 is 52.2 Å². The zero-order valence-corrected chi connectivity index (χ0v) is 7.50. The Kier molecular flexibility index (Phi) is 5.19. The van der Waals surface area contributed by atoms with Crippen molar-refractivity contribution in [1.29, 1.82) is 0 Å². The van der Waals surface area contributed by atoms with Crippen molar-refractivity contribution < 1.29 is 16.5 Å². The van der Waals surface area contributed by atoms with E-state index in [1.54, 1.807) is 0 Å². The fraction of sp³-hybridized carbons (Fsp3) is 0.667. The standard InChI is InChI=1S/C3H4F3NOS3/c4-9-3(10-5,11-6)1-2(7)8/h1H2,(H2,7,8). The van der Waals surface area contributed by atoms with Crippen LogP contribution in [-0.2, 0) is 4.79 Å². The highest BCUT2D eigenvalue weighted by atomic mass is 32.3. The molecule has 8 heteroatoms. The minimum atomic E-state index is -2.08. The van der Waals surface area contributed by atoms with E-state index in [9.17, 15) is 16.5 Å². The van der Waals surface area contributed by atoms with Gasteiger partial charge in [0.15, 0.2) is 0 Å². The summed E-state index contributed by atoms with van der Waals surface area (Å²) in [6, 6.07) is 0. The summed E-state index contributed by atoms with van der Waals surface area (Å²) in [5, 5.41) is 0. The highest BCUT2D eigenvalue weighted by Gasteiger charge is 2.38. The number of hydrogen-bond acceptors (Lipinski definition) is 4. The molecule has 0 aromatic carbocycles. The molecule has 0 spiro atoms. The van der Waals surface area contributed by atoms with Gasteiger partial charge in [0.05, 0.1) is 42.9 Å². The third-order valence-electron chi connectivity index (χ3n) is 0.743. The molecule has 1 amide bonds. The first-order valence-electron chi connectivity index (χ1n) is 2.28. The van der Waals surface area contributed by atoms with E-state index in [0.29, 0.717) is 0 Å². The molecule has 0 aromatic heterocycles. The molecule has 0 aliphatic carbocycles. The summed E-state index contributed by atoms with van der Waals surface area (Å²) in [5.74, 6) is -0.953. The number of carbonyl (C=O) groups excluding carboxylic acids is 1. The van der Waals surface area contributed by atoms with Crippen LogP contribution in [0.15, 0.2) is 0 Å². The van der Waals surface area contributed by atoms with Gasteiger partial charge in [-0.1, -0.05) is 0 Å². The molecule has 0 aromatic rings. The van der Waals surface area contributed by atoms with Crippen LogP contribution in [0.2, 0.25) is 0 Å². The molecule has 0 radical (unpaired) electrons. The van der Waals surface area contributed by atoms with Gasteiger partial charge in [-0.3, -0.25) is 4.79 Å². The molecule has 0 aliphatic heterocycles. The Morgan fingerprint density at radius 1 is 1.27 bits per heavy atom. The summed E-state index contributed by atoms with van der Waals surface area (Å²) in [4.78, 5) is 10.2. The Labute approximate surface area is 74.7 Å². The highest BCUT2D eigenvalue weighted by molar-refractivity contribution is 8.29. The van der Waals surface area contributed by atoms with E-state index in [1.165, 1.54) is 0 Å². The van der Waals surface area contributed by atoms with Crippen molar-refractivity contribution in [3.8, 4) is 0 Å². The Morgan fingerprint density at radius 2 is 1.64 bits per heavy atom. The number of amides is 1. The lowest BCUT2D eigenvalue weighted by molar-refractivity contribution is -0.117. The molecular formula is C3H4F3NOS3. The first-order valence-corrected chi connectivity index (χ1v) is 4.43. The molecule has 0 saturated heterocycles. The lowest BCUT2D eigenvalue weighted by Crippen LogP contribution is -2.22. The van der Waals surface area contributed by atoms with Crippen LogP contribution >= 0.6 is 36.4 Å². The predicted octanol–water partition coefficient (Wildman–Crippen LogP) is 2.37. The largest absolute Gasteiger partial charge is 0.370 e. The van der Waals surface area contributed by atoms with E-state index in [2.05, 4.69) is 5.73 Å². The molecule has 0 saturated carbocycles. The van der Waals surface area contributed by atoms with Gasteiger partial charge in [-0.25, -0.2) is 0 Å². The Balaban J connectivity index is 4.16. The maximum Gasteiger partial charge on any atom is 0.220 e. The van der Waals surface area contributed by atoms with Crippen LogP contribution in [-0.4, -0.2) is 9.32 Å². The number of nitrogens with two attached hydrogens (primary N) is 1. The third-order valence-corrected chi connectivity index (χ3v) is 3.02. The Bertz CT molecular complexity index is 134. The molecule has 0 fully saturated rings. The molecule has 0 heterocycles. The minimum Gasteiger partial charge on any atom is -0.370 e. The highest BCUT2D eigenvalue weighted by Crippen LogP contribution is 2.51. The second-order valence-electron chi connectivity index (χ2n) is 1.56. The van der Waals surface area contributed by atoms with Crippen molar-refractivity contribution >= 4 is 42.4 Å². The average Bonchev–Trinajstić information content (AvgIpc) is 2.00. The molecule has 0 aliphatic rings. The molecule has 0 atom stereocenters. The van der Waals surface area contributed by atoms with Gasteiger partial charge in [0, 0.05) is 0 Å². The van der Waals surface area contributed by atoms with Gasteiger partial charge < -0.3 is 5.73 Å². The van der Waals surface area contributed by atoms with E-state index in [1.807, 2.05) is 0 Å². The lowest BCUT2D eigenvalue weighted by Gasteiger charge is -2.15. The first kappa shape index (κ1) is 11.3. The first-order chi connectivity index (χ1) is 5.10. The molecule has 0 unspecified atom stereocenters. The van der Waals surface area contributed by atoms with Crippen molar-refractivity contribution in [3.05, 3.63) is 0 Å². The molecule has 66 valence electrons. The molecule has 0 bridgehead atoms. The Morgan fingerprint density at radius 3 is 1.73 bits per heavy atom. The van der Waals surface area contributed by atoms with Crippen molar-refractivity contribution in [2.24, 2.45) is 5.73 Å². The number of rotatable bonds is 5. The quantitative estimate of drug-likeness (QED) is 0.727. The van der Waals surface area contributed by atoms with E-state index in [4.69, 9.17) is 0 Å². The zero-order chi connectivity index (χ0) is 8.91. The Hall–Kier alpha value is 0.310. The van der Waals surface area contributed by atoms with Crippen LogP contribution in [0.5, 0.6) is 0 Å². The van der Waals surface area contributed by atoms with Crippen molar-refractivity contribution in [2.75, 3.05) is 0 Å². The summed E-state index contributed by atoms with van der Waals surface area (Å²) in [6.45, 7) is 0. The topological polar surface area (TPSA) is 43.1 Å². The molecular weight excluding hydrogens is 219 g/mol. The van der Waals surface area contributed by atoms with Crippen LogP contribution in [0, 0.1) is 0 Å². The van der Waals surface area contributed by atoms with Gasteiger partial charge in [0.2, 0.25) is 9.32 Å². The van der Waals surface area contributed by atoms with E-state index >= 15 is 0 Å².